The summed E-state index contributed by atoms with van der Waals surface area (Å²) in [5.41, 5.74) is 8.40. The molecule has 1 fully saturated rings. The standard InChI is InChI=1S/C12H15N3O/c1-8-7-10(13)11(15-12(8)14-2)9-3-5-16-6-4-9/h7,9H,3-6,13H2,1H3. The highest BCUT2D eigenvalue weighted by atomic mass is 16.5. The summed E-state index contributed by atoms with van der Waals surface area (Å²) in [5.74, 6) is 0.811. The van der Waals surface area contributed by atoms with Gasteiger partial charge in [-0.3, -0.25) is 0 Å². The smallest absolute Gasteiger partial charge is 0.272 e. The molecule has 0 atom stereocenters. The minimum Gasteiger partial charge on any atom is -0.396 e. The number of pyridine rings is 1. The zero-order valence-electron chi connectivity index (χ0n) is 9.36. The molecule has 4 nitrogen and oxygen atoms in total. The number of anilines is 1. The van der Waals surface area contributed by atoms with E-state index in [-0.39, 0.29) is 0 Å². The molecule has 0 bridgehead atoms. The molecule has 0 spiro atoms. The van der Waals surface area contributed by atoms with Crippen LogP contribution in [0.2, 0.25) is 0 Å². The van der Waals surface area contributed by atoms with Gasteiger partial charge in [0.2, 0.25) is 0 Å². The second-order valence-electron chi connectivity index (χ2n) is 4.10. The lowest BCUT2D eigenvalue weighted by Crippen LogP contribution is -2.16. The number of aryl methyl sites for hydroxylation is 1. The fraction of sp³-hybridized carbons (Fsp3) is 0.500. The number of nitrogens with two attached hydrogens (primary N) is 1. The summed E-state index contributed by atoms with van der Waals surface area (Å²) in [7, 11) is 0. The van der Waals surface area contributed by atoms with Crippen molar-refractivity contribution < 1.29 is 4.74 Å². The van der Waals surface area contributed by atoms with Crippen LogP contribution in [0, 0.1) is 13.5 Å². The molecule has 0 saturated carbocycles. The van der Waals surface area contributed by atoms with Gasteiger partial charge >= 0.3 is 0 Å². The van der Waals surface area contributed by atoms with Gasteiger partial charge in [-0.15, -0.1) is 4.98 Å². The summed E-state index contributed by atoms with van der Waals surface area (Å²) < 4.78 is 5.31. The van der Waals surface area contributed by atoms with E-state index in [4.69, 9.17) is 17.0 Å². The molecule has 84 valence electrons. The van der Waals surface area contributed by atoms with Crippen LogP contribution in [0.1, 0.15) is 30.0 Å². The molecule has 0 unspecified atom stereocenters. The van der Waals surface area contributed by atoms with E-state index in [0.717, 1.165) is 37.3 Å². The Morgan fingerprint density at radius 2 is 2.19 bits per heavy atom. The topological polar surface area (TPSA) is 52.5 Å². The Balaban J connectivity index is 2.36. The van der Waals surface area contributed by atoms with E-state index in [1.54, 1.807) is 0 Å². The van der Waals surface area contributed by atoms with Gasteiger partial charge in [-0.25, -0.2) is 0 Å². The van der Waals surface area contributed by atoms with Crippen molar-refractivity contribution in [3.05, 3.63) is 28.7 Å². The van der Waals surface area contributed by atoms with Crippen molar-refractivity contribution in [1.82, 2.24) is 4.98 Å². The van der Waals surface area contributed by atoms with Crippen LogP contribution in [-0.2, 0) is 4.74 Å². The zero-order valence-corrected chi connectivity index (χ0v) is 9.36. The number of ether oxygens (including phenoxy) is 1. The first-order valence-electron chi connectivity index (χ1n) is 5.44. The first-order valence-corrected chi connectivity index (χ1v) is 5.44. The highest BCUT2D eigenvalue weighted by Crippen LogP contribution is 2.32. The number of nitrogens with zero attached hydrogens (tertiary/aromatic N) is 2. The number of hydrogen-bond acceptors (Lipinski definition) is 3. The fourth-order valence-electron chi connectivity index (χ4n) is 2.05. The quantitative estimate of drug-likeness (QED) is 0.735. The molecule has 16 heavy (non-hydrogen) atoms. The van der Waals surface area contributed by atoms with Crippen LogP contribution in [0.25, 0.3) is 4.85 Å². The third-order valence-electron chi connectivity index (χ3n) is 2.96. The monoisotopic (exact) mass is 217 g/mol. The third-order valence-corrected chi connectivity index (χ3v) is 2.96. The summed E-state index contributed by atoms with van der Waals surface area (Å²) in [6.45, 7) is 10.4. The summed E-state index contributed by atoms with van der Waals surface area (Å²) in [5, 5.41) is 0. The maximum Gasteiger partial charge on any atom is 0.272 e. The minimum atomic E-state index is 0.342. The molecule has 0 amide bonds. The highest BCUT2D eigenvalue weighted by molar-refractivity contribution is 5.56. The van der Waals surface area contributed by atoms with Crippen LogP contribution in [-0.4, -0.2) is 18.2 Å². The van der Waals surface area contributed by atoms with Crippen LogP contribution < -0.4 is 5.73 Å². The van der Waals surface area contributed by atoms with Gasteiger partial charge in [0, 0.05) is 19.1 Å². The van der Waals surface area contributed by atoms with Crippen molar-refractivity contribution in [2.24, 2.45) is 0 Å². The normalized spacial score (nSPS) is 17.0. The number of aromatic nitrogens is 1. The van der Waals surface area contributed by atoms with E-state index in [1.807, 2.05) is 13.0 Å². The molecule has 1 saturated heterocycles. The van der Waals surface area contributed by atoms with Crippen molar-refractivity contribution in [2.75, 3.05) is 18.9 Å². The SMILES string of the molecule is [C-]#[N+]c1nc(C2CCOCC2)c(N)cc1C. The van der Waals surface area contributed by atoms with Gasteiger partial charge < -0.3 is 15.3 Å². The van der Waals surface area contributed by atoms with Crippen molar-refractivity contribution in [2.45, 2.75) is 25.7 Å². The minimum absolute atomic E-state index is 0.342. The van der Waals surface area contributed by atoms with Crippen LogP contribution >= 0.6 is 0 Å². The molecule has 1 aliphatic rings. The van der Waals surface area contributed by atoms with Crippen molar-refractivity contribution >= 4 is 11.5 Å². The van der Waals surface area contributed by atoms with E-state index >= 15 is 0 Å². The van der Waals surface area contributed by atoms with Gasteiger partial charge in [0.05, 0.1) is 5.69 Å². The Bertz CT molecular complexity index is 431. The molecule has 2 N–H and O–H groups in total. The third kappa shape index (κ3) is 2.00. The van der Waals surface area contributed by atoms with Crippen LogP contribution in [0.15, 0.2) is 6.07 Å². The molecule has 2 rings (SSSR count). The maximum absolute atomic E-state index is 7.06. The van der Waals surface area contributed by atoms with E-state index in [0.29, 0.717) is 17.4 Å². The van der Waals surface area contributed by atoms with Gasteiger partial charge in [-0.1, -0.05) is 6.57 Å². The number of nitrogen functional groups attached to an aromatic ring is 1. The molecular weight excluding hydrogens is 202 g/mol. The van der Waals surface area contributed by atoms with E-state index in [9.17, 15) is 0 Å². The molecule has 1 aromatic heterocycles. The van der Waals surface area contributed by atoms with E-state index < -0.39 is 0 Å². The maximum atomic E-state index is 7.06. The zero-order chi connectivity index (χ0) is 11.5. The Morgan fingerprint density at radius 3 is 2.81 bits per heavy atom. The van der Waals surface area contributed by atoms with Crippen molar-refractivity contribution in [3.8, 4) is 0 Å². The average Bonchev–Trinajstić information content (AvgIpc) is 2.30. The van der Waals surface area contributed by atoms with Gasteiger partial charge in [0.15, 0.2) is 5.69 Å². The Hall–Kier alpha value is -1.60. The second kappa shape index (κ2) is 4.50. The predicted octanol–water partition coefficient (Wildman–Crippen LogP) is 2.42. The Labute approximate surface area is 95.3 Å². The summed E-state index contributed by atoms with van der Waals surface area (Å²) in [6, 6.07) is 1.85. The fourth-order valence-corrected chi connectivity index (χ4v) is 2.05. The summed E-state index contributed by atoms with van der Waals surface area (Å²) >= 11 is 0. The van der Waals surface area contributed by atoms with Gasteiger partial charge in [0.1, 0.15) is 0 Å². The van der Waals surface area contributed by atoms with Crippen LogP contribution in [0.4, 0.5) is 11.5 Å². The van der Waals surface area contributed by atoms with Gasteiger partial charge in [-0.2, -0.15) is 0 Å². The molecule has 0 radical (unpaired) electrons. The molecule has 0 aliphatic carbocycles. The highest BCUT2D eigenvalue weighted by Gasteiger charge is 2.23. The first kappa shape index (κ1) is 10.9. The molecule has 1 aliphatic heterocycles. The number of hydrogen-bond donors (Lipinski definition) is 1. The molecule has 1 aromatic rings. The van der Waals surface area contributed by atoms with Gasteiger partial charge in [-0.05, 0) is 31.4 Å². The number of rotatable bonds is 1. The van der Waals surface area contributed by atoms with Crippen LogP contribution in [0.5, 0.6) is 0 Å². The first-order chi connectivity index (χ1) is 7.72. The lowest BCUT2D eigenvalue weighted by Gasteiger charge is -2.20. The Morgan fingerprint density at radius 1 is 1.50 bits per heavy atom. The average molecular weight is 217 g/mol. The van der Waals surface area contributed by atoms with E-state index in [1.165, 1.54) is 0 Å². The lowest BCUT2D eigenvalue weighted by atomic mass is 9.94. The summed E-state index contributed by atoms with van der Waals surface area (Å²) in [4.78, 5) is 7.80. The van der Waals surface area contributed by atoms with Crippen LogP contribution in [0.3, 0.4) is 0 Å². The predicted molar refractivity (Wildman–Crippen MR) is 62.4 cm³/mol. The largest absolute Gasteiger partial charge is 0.396 e. The van der Waals surface area contributed by atoms with E-state index in [2.05, 4.69) is 9.83 Å². The van der Waals surface area contributed by atoms with Crippen molar-refractivity contribution in [3.63, 3.8) is 0 Å². The van der Waals surface area contributed by atoms with Crippen molar-refractivity contribution in [1.29, 1.82) is 0 Å². The molecule has 0 aromatic carbocycles. The Kier molecular flexibility index (Phi) is 3.07. The lowest BCUT2D eigenvalue weighted by molar-refractivity contribution is 0.0847. The summed E-state index contributed by atoms with van der Waals surface area (Å²) in [6.07, 6.45) is 1.88. The van der Waals surface area contributed by atoms with Gasteiger partial charge in [0.25, 0.3) is 5.82 Å². The molecular formula is C12H15N3O. The second-order valence-corrected chi connectivity index (χ2v) is 4.10. The molecule has 2 heterocycles. The molecule has 4 heteroatoms.